The number of carbonyl (C=O) groups excluding carboxylic acids is 2. The summed E-state index contributed by atoms with van der Waals surface area (Å²) in [5.74, 6) is -3.13. The number of hydrogen-bond donors (Lipinski definition) is 3. The van der Waals surface area contributed by atoms with Gasteiger partial charge in [-0.3, -0.25) is 9.59 Å². The lowest BCUT2D eigenvalue weighted by Crippen LogP contribution is -2.21. The van der Waals surface area contributed by atoms with E-state index in [-0.39, 0.29) is 21.6 Å². The molecule has 3 N–H and O–H groups in total. The summed E-state index contributed by atoms with van der Waals surface area (Å²) >= 11 is 0.393. The minimum atomic E-state index is -3.76. The average Bonchev–Trinajstić information content (AvgIpc) is 2.62. The first-order valence-electron chi connectivity index (χ1n) is 7.56. The number of fused-ring (bicyclic) bond motifs is 2. The molecule has 0 saturated heterocycles. The van der Waals surface area contributed by atoms with E-state index < -0.39 is 41.2 Å². The van der Waals surface area contributed by atoms with Crippen LogP contribution in [0, 0.1) is 6.92 Å². The second-order valence-corrected chi connectivity index (χ2v) is 9.87. The van der Waals surface area contributed by atoms with Crippen molar-refractivity contribution in [3.63, 3.8) is 0 Å². The lowest BCUT2D eigenvalue weighted by molar-refractivity contribution is 0.0973. The van der Waals surface area contributed by atoms with Crippen LogP contribution in [0.1, 0.15) is 37.4 Å². The van der Waals surface area contributed by atoms with Gasteiger partial charge in [0.25, 0.3) is 0 Å². The summed E-state index contributed by atoms with van der Waals surface area (Å²) in [6.45, 7) is -2.11. The summed E-state index contributed by atoms with van der Waals surface area (Å²) in [6.07, 6.45) is 0. The smallest absolute Gasteiger partial charge is 0.393 e. The number of phenolic OH excluding ortho intramolecular Hbond substituents is 3. The van der Waals surface area contributed by atoms with Crippen molar-refractivity contribution < 1.29 is 38.5 Å². The van der Waals surface area contributed by atoms with Crippen LogP contribution in [0.3, 0.4) is 0 Å². The molecule has 1 aliphatic carbocycles. The Balaban J connectivity index is 2.25. The monoisotopic (exact) mass is 410 g/mol. The van der Waals surface area contributed by atoms with Crippen LogP contribution in [-0.4, -0.2) is 41.1 Å². The third-order valence-electron chi connectivity index (χ3n) is 4.09. The summed E-state index contributed by atoms with van der Waals surface area (Å²) in [5.41, 5.74) is -0.315. The number of phenols is 3. The Bertz CT molecular complexity index is 1040. The first-order valence-corrected chi connectivity index (χ1v) is 10.5. The molecule has 0 bridgehead atoms. The van der Waals surface area contributed by atoms with Gasteiger partial charge in [0.1, 0.15) is 22.1 Å². The van der Waals surface area contributed by atoms with Crippen LogP contribution in [-0.2, 0) is 13.6 Å². The number of aryl methyl sites for hydroxylation is 1. The van der Waals surface area contributed by atoms with E-state index in [1.54, 1.807) is 6.92 Å². The van der Waals surface area contributed by atoms with Crippen molar-refractivity contribution in [2.75, 3.05) is 14.2 Å². The summed E-state index contributed by atoms with van der Waals surface area (Å²) in [4.78, 5) is 25.3. The molecule has 0 unspecified atom stereocenters. The van der Waals surface area contributed by atoms with E-state index in [0.29, 0.717) is 16.9 Å². The summed E-state index contributed by atoms with van der Waals surface area (Å²) in [6, 6.07) is 3.78. The molecule has 0 saturated carbocycles. The Labute approximate surface area is 158 Å². The van der Waals surface area contributed by atoms with E-state index in [9.17, 15) is 29.5 Å². The largest absolute Gasteiger partial charge is 0.507 e. The van der Waals surface area contributed by atoms with Crippen LogP contribution in [0.5, 0.6) is 17.2 Å². The Hall–Kier alpha value is -2.32. The number of hydrogen-bond acceptors (Lipinski definition) is 9. The molecule has 0 amide bonds. The van der Waals surface area contributed by atoms with E-state index in [1.165, 1.54) is 12.1 Å². The van der Waals surface area contributed by atoms with Crippen molar-refractivity contribution in [3.05, 3.63) is 46.0 Å². The van der Waals surface area contributed by atoms with Gasteiger partial charge in [-0.05, 0) is 30.7 Å². The molecule has 0 aliphatic heterocycles. The number of aromatic hydroxyl groups is 3. The molecule has 0 aromatic heterocycles. The highest BCUT2D eigenvalue weighted by molar-refractivity contribution is 8.55. The fraction of sp³-hybridized carbons (Fsp3) is 0.176. The van der Waals surface area contributed by atoms with Crippen molar-refractivity contribution >= 4 is 29.7 Å². The maximum atomic E-state index is 12.9. The van der Waals surface area contributed by atoms with Gasteiger partial charge in [-0.15, -0.1) is 0 Å². The van der Waals surface area contributed by atoms with Gasteiger partial charge in [0.2, 0.25) is 5.78 Å². The van der Waals surface area contributed by atoms with E-state index in [1.807, 2.05) is 0 Å². The molecule has 10 heteroatoms. The van der Waals surface area contributed by atoms with Gasteiger partial charge in [-0.1, -0.05) is 0 Å². The van der Waals surface area contributed by atoms with Crippen LogP contribution < -0.4 is 0 Å². The Morgan fingerprint density at radius 2 is 1.48 bits per heavy atom. The van der Waals surface area contributed by atoms with Crippen LogP contribution >= 0.6 is 18.2 Å². The quantitative estimate of drug-likeness (QED) is 0.554. The van der Waals surface area contributed by atoms with Crippen molar-refractivity contribution in [2.24, 2.45) is 0 Å². The van der Waals surface area contributed by atoms with Gasteiger partial charge in [0.15, 0.2) is 5.78 Å². The zero-order valence-corrected chi connectivity index (χ0v) is 16.2. The first kappa shape index (κ1) is 19.4. The molecular formula is C17H15O8PS. The highest BCUT2D eigenvalue weighted by Gasteiger charge is 2.38. The Morgan fingerprint density at radius 1 is 0.889 bits per heavy atom. The number of benzene rings is 2. The Morgan fingerprint density at radius 3 is 2.07 bits per heavy atom. The summed E-state index contributed by atoms with van der Waals surface area (Å²) in [7, 11) is 2.24. The molecule has 0 fully saturated rings. The van der Waals surface area contributed by atoms with Crippen LogP contribution in [0.2, 0.25) is 0 Å². The van der Waals surface area contributed by atoms with Gasteiger partial charge >= 0.3 is 6.80 Å². The number of rotatable bonds is 4. The highest BCUT2D eigenvalue weighted by atomic mass is 32.7. The number of carbonyl (C=O) groups is 2. The maximum absolute atomic E-state index is 12.9. The normalized spacial score (nSPS) is 13.4. The molecular weight excluding hydrogens is 395 g/mol. The van der Waals surface area contributed by atoms with Gasteiger partial charge in [0.05, 0.1) is 11.1 Å². The molecule has 2 aromatic carbocycles. The SMILES string of the molecule is COP(=O)(OC)Sc1c(O)cc2c(c1O)C(=O)c1c(O)cc(C)cc1C2=O. The molecule has 2 aromatic rings. The van der Waals surface area contributed by atoms with Crippen molar-refractivity contribution in [3.8, 4) is 17.2 Å². The van der Waals surface area contributed by atoms with Gasteiger partial charge < -0.3 is 24.4 Å². The average molecular weight is 410 g/mol. The molecule has 0 heterocycles. The van der Waals surface area contributed by atoms with Crippen molar-refractivity contribution in [2.45, 2.75) is 11.8 Å². The van der Waals surface area contributed by atoms with Crippen molar-refractivity contribution in [1.82, 2.24) is 0 Å². The predicted octanol–water partition coefficient (Wildman–Crippen LogP) is 3.38. The standard InChI is InChI=1S/C17H15O8PS/c1-7-4-8-12(10(18)5-7)15(21)13-9(14(8)20)6-11(19)17(16(13)22)27-26(23,24-2)25-3/h4-6,18-19,22H,1-3H3. The Kier molecular flexibility index (Phi) is 4.81. The van der Waals surface area contributed by atoms with E-state index in [2.05, 4.69) is 0 Å². The minimum Gasteiger partial charge on any atom is -0.507 e. The lowest BCUT2D eigenvalue weighted by Gasteiger charge is -2.22. The second kappa shape index (κ2) is 6.69. The fourth-order valence-corrected chi connectivity index (χ4v) is 5.37. The molecule has 0 atom stereocenters. The van der Waals surface area contributed by atoms with E-state index in [0.717, 1.165) is 20.3 Å². The third-order valence-corrected chi connectivity index (χ3v) is 7.91. The molecule has 8 nitrogen and oxygen atoms in total. The van der Waals surface area contributed by atoms with Gasteiger partial charge in [0, 0.05) is 36.7 Å². The van der Waals surface area contributed by atoms with Crippen LogP contribution in [0.15, 0.2) is 23.1 Å². The topological polar surface area (TPSA) is 130 Å². The molecule has 0 radical (unpaired) electrons. The van der Waals surface area contributed by atoms with Gasteiger partial charge in [-0.25, -0.2) is 4.57 Å². The maximum Gasteiger partial charge on any atom is 0.393 e. The van der Waals surface area contributed by atoms with Crippen molar-refractivity contribution in [1.29, 1.82) is 0 Å². The fourth-order valence-electron chi connectivity index (χ4n) is 2.85. The van der Waals surface area contributed by atoms with E-state index in [4.69, 9.17) is 9.05 Å². The first-order chi connectivity index (χ1) is 12.6. The lowest BCUT2D eigenvalue weighted by atomic mass is 9.82. The zero-order valence-electron chi connectivity index (χ0n) is 14.5. The predicted molar refractivity (Wildman–Crippen MR) is 97.0 cm³/mol. The van der Waals surface area contributed by atoms with E-state index >= 15 is 0 Å². The van der Waals surface area contributed by atoms with Crippen LogP contribution in [0.4, 0.5) is 0 Å². The zero-order chi connectivity index (χ0) is 20.1. The van der Waals surface area contributed by atoms with Crippen LogP contribution in [0.25, 0.3) is 0 Å². The van der Waals surface area contributed by atoms with Gasteiger partial charge in [-0.2, -0.15) is 0 Å². The molecule has 142 valence electrons. The number of ketones is 2. The highest BCUT2D eigenvalue weighted by Crippen LogP contribution is 2.66. The molecule has 1 aliphatic rings. The summed E-state index contributed by atoms with van der Waals surface area (Å²) in [5, 5.41) is 30.9. The minimum absolute atomic E-state index is 0.0244. The summed E-state index contributed by atoms with van der Waals surface area (Å²) < 4.78 is 21.9. The molecule has 0 spiro atoms. The third kappa shape index (κ3) is 3.02. The molecule has 27 heavy (non-hydrogen) atoms. The molecule has 3 rings (SSSR count). The second-order valence-electron chi connectivity index (χ2n) is 5.76.